The van der Waals surface area contributed by atoms with Crippen LogP contribution >= 0.6 is 12.4 Å². The summed E-state index contributed by atoms with van der Waals surface area (Å²) in [6, 6.07) is 2.89. The van der Waals surface area contributed by atoms with Crippen LogP contribution < -0.4 is 16.4 Å². The molecule has 0 bridgehead atoms. The predicted octanol–water partition coefficient (Wildman–Crippen LogP) is 0.856. The van der Waals surface area contributed by atoms with Crippen LogP contribution in [0.15, 0.2) is 12.1 Å². The third-order valence-electron chi connectivity index (χ3n) is 2.40. The molecule has 0 atom stereocenters. The highest BCUT2D eigenvalue weighted by atomic mass is 35.5. The number of hydrogen-bond donors (Lipinski definition) is 3. The van der Waals surface area contributed by atoms with E-state index < -0.39 is 10.8 Å². The molecule has 0 heterocycles. The highest BCUT2D eigenvalue weighted by molar-refractivity contribution is 6.01. The first-order chi connectivity index (χ1) is 8.47. The molecule has 0 aliphatic heterocycles. The number of nitrogens with one attached hydrogen (secondary N) is 2. The number of benzene rings is 1. The van der Waals surface area contributed by atoms with E-state index in [1.165, 1.54) is 12.1 Å². The Labute approximate surface area is 117 Å². The van der Waals surface area contributed by atoms with E-state index in [-0.39, 0.29) is 29.3 Å². The first kappa shape index (κ1) is 17.1. The molecule has 0 spiro atoms. The Hall–Kier alpha value is -1.86. The lowest BCUT2D eigenvalue weighted by molar-refractivity contribution is -0.384. The Morgan fingerprint density at radius 2 is 2.05 bits per heavy atom. The number of carbonyl (C=O) groups is 1. The van der Waals surface area contributed by atoms with Crippen molar-refractivity contribution in [3.63, 3.8) is 0 Å². The summed E-state index contributed by atoms with van der Waals surface area (Å²) in [6.07, 6.45) is 0. The lowest BCUT2D eigenvalue weighted by Crippen LogP contribution is -2.31. The van der Waals surface area contributed by atoms with Gasteiger partial charge in [0.25, 0.3) is 11.6 Å². The normalized spacial score (nSPS) is 9.58. The Bertz CT molecular complexity index is 479. The van der Waals surface area contributed by atoms with Crippen molar-refractivity contribution in [1.82, 2.24) is 10.6 Å². The van der Waals surface area contributed by atoms with Crippen molar-refractivity contribution in [2.45, 2.75) is 6.92 Å². The summed E-state index contributed by atoms with van der Waals surface area (Å²) in [5.41, 5.74) is 6.05. The fraction of sp³-hybridized carbons (Fsp3) is 0.364. The van der Waals surface area contributed by atoms with Crippen molar-refractivity contribution in [1.29, 1.82) is 0 Å². The number of carbonyl (C=O) groups excluding carboxylic acids is 1. The number of nitrogens with zero attached hydrogens (tertiary/aromatic N) is 1. The minimum absolute atomic E-state index is 0. The average Bonchev–Trinajstić information content (AvgIpc) is 2.31. The maximum atomic E-state index is 11.8. The van der Waals surface area contributed by atoms with Gasteiger partial charge in [0.05, 0.1) is 10.5 Å². The van der Waals surface area contributed by atoms with Crippen molar-refractivity contribution in [2.75, 3.05) is 25.9 Å². The number of nitrogen functional groups attached to an aromatic ring is 1. The molecule has 1 aromatic carbocycles. The number of nitro benzene ring substituents is 1. The first-order valence-electron chi connectivity index (χ1n) is 5.44. The first-order valence-corrected chi connectivity index (χ1v) is 5.44. The predicted molar refractivity (Wildman–Crippen MR) is 75.8 cm³/mol. The lowest BCUT2D eigenvalue weighted by atomic mass is 10.1. The van der Waals surface area contributed by atoms with Crippen LogP contribution in [0.1, 0.15) is 15.9 Å². The van der Waals surface area contributed by atoms with Gasteiger partial charge in [-0.15, -0.1) is 12.4 Å². The summed E-state index contributed by atoms with van der Waals surface area (Å²) in [5.74, 6) is -0.408. The lowest BCUT2D eigenvalue weighted by Gasteiger charge is -2.08. The van der Waals surface area contributed by atoms with Crippen LogP contribution in [0.2, 0.25) is 0 Å². The Morgan fingerprint density at radius 1 is 1.42 bits per heavy atom. The molecule has 7 nitrogen and oxygen atoms in total. The second-order valence-corrected chi connectivity index (χ2v) is 3.86. The molecule has 1 rings (SSSR count). The van der Waals surface area contributed by atoms with Crippen LogP contribution in [0.4, 0.5) is 11.4 Å². The molecule has 0 unspecified atom stereocenters. The summed E-state index contributed by atoms with van der Waals surface area (Å²) >= 11 is 0. The van der Waals surface area contributed by atoms with Gasteiger partial charge >= 0.3 is 0 Å². The van der Waals surface area contributed by atoms with Gasteiger partial charge in [-0.1, -0.05) is 0 Å². The molecule has 1 amide bonds. The molecule has 0 aliphatic carbocycles. The fourth-order valence-electron chi connectivity index (χ4n) is 1.51. The van der Waals surface area contributed by atoms with Crippen LogP contribution in [-0.4, -0.2) is 31.0 Å². The molecule has 19 heavy (non-hydrogen) atoms. The third kappa shape index (κ3) is 4.38. The average molecular weight is 289 g/mol. The van der Waals surface area contributed by atoms with Gasteiger partial charge in [0.1, 0.15) is 5.69 Å². The molecular formula is C11H17ClN4O3. The van der Waals surface area contributed by atoms with Crippen LogP contribution in [-0.2, 0) is 0 Å². The van der Waals surface area contributed by atoms with Gasteiger partial charge in [0, 0.05) is 19.2 Å². The third-order valence-corrected chi connectivity index (χ3v) is 2.40. The second kappa shape index (κ2) is 7.55. The van der Waals surface area contributed by atoms with Gasteiger partial charge in [-0.05, 0) is 25.6 Å². The number of anilines is 1. The number of nitro groups is 1. The van der Waals surface area contributed by atoms with Crippen molar-refractivity contribution in [3.8, 4) is 0 Å². The summed E-state index contributed by atoms with van der Waals surface area (Å²) in [7, 11) is 1.76. The van der Waals surface area contributed by atoms with E-state index in [2.05, 4.69) is 10.6 Å². The van der Waals surface area contributed by atoms with Crippen molar-refractivity contribution in [3.05, 3.63) is 33.4 Å². The molecule has 0 saturated heterocycles. The molecule has 4 N–H and O–H groups in total. The van der Waals surface area contributed by atoms with Crippen LogP contribution in [0, 0.1) is 17.0 Å². The Kier molecular flexibility index (Phi) is 6.81. The van der Waals surface area contributed by atoms with Gasteiger partial charge in [0.2, 0.25) is 0 Å². The highest BCUT2D eigenvalue weighted by Crippen LogP contribution is 2.26. The van der Waals surface area contributed by atoms with E-state index >= 15 is 0 Å². The van der Waals surface area contributed by atoms with Crippen molar-refractivity contribution in [2.24, 2.45) is 0 Å². The summed E-state index contributed by atoms with van der Waals surface area (Å²) in [4.78, 5) is 22.0. The summed E-state index contributed by atoms with van der Waals surface area (Å²) in [5, 5.41) is 16.3. The van der Waals surface area contributed by atoms with E-state index in [0.29, 0.717) is 18.7 Å². The second-order valence-electron chi connectivity index (χ2n) is 3.86. The van der Waals surface area contributed by atoms with Crippen molar-refractivity contribution < 1.29 is 9.72 Å². The van der Waals surface area contributed by atoms with Gasteiger partial charge in [-0.2, -0.15) is 0 Å². The van der Waals surface area contributed by atoms with E-state index in [1.54, 1.807) is 14.0 Å². The molecule has 1 aromatic rings. The Morgan fingerprint density at radius 3 is 2.58 bits per heavy atom. The van der Waals surface area contributed by atoms with E-state index in [1.807, 2.05) is 0 Å². The quantitative estimate of drug-likeness (QED) is 0.322. The molecule has 0 saturated carbocycles. The topological polar surface area (TPSA) is 110 Å². The van der Waals surface area contributed by atoms with Gasteiger partial charge in [0.15, 0.2) is 0 Å². The van der Waals surface area contributed by atoms with Gasteiger partial charge in [-0.3, -0.25) is 14.9 Å². The molecular weight excluding hydrogens is 272 g/mol. The van der Waals surface area contributed by atoms with E-state index in [4.69, 9.17) is 5.73 Å². The molecule has 0 aliphatic rings. The zero-order valence-electron chi connectivity index (χ0n) is 10.7. The SMILES string of the molecule is CNCCNC(=O)c1cc(C)cc([N+](=O)[O-])c1N.Cl. The standard InChI is InChI=1S/C11H16N4O3.ClH/c1-7-5-8(11(16)14-4-3-13-2)10(12)9(6-7)15(17)18;/h5-6,13H,3-4,12H2,1-2H3,(H,14,16);1H. The Balaban J connectivity index is 0.00000324. The molecule has 0 aromatic heterocycles. The summed E-state index contributed by atoms with van der Waals surface area (Å²) in [6.45, 7) is 2.72. The van der Waals surface area contributed by atoms with Crippen LogP contribution in [0.5, 0.6) is 0 Å². The van der Waals surface area contributed by atoms with E-state index in [9.17, 15) is 14.9 Å². The molecule has 0 fully saturated rings. The van der Waals surface area contributed by atoms with Crippen LogP contribution in [0.25, 0.3) is 0 Å². The largest absolute Gasteiger partial charge is 0.393 e. The van der Waals surface area contributed by atoms with Crippen LogP contribution in [0.3, 0.4) is 0 Å². The highest BCUT2D eigenvalue weighted by Gasteiger charge is 2.20. The maximum Gasteiger partial charge on any atom is 0.293 e. The number of nitrogens with two attached hydrogens (primary N) is 1. The fourth-order valence-corrected chi connectivity index (χ4v) is 1.51. The van der Waals surface area contributed by atoms with E-state index in [0.717, 1.165) is 0 Å². The smallest absolute Gasteiger partial charge is 0.293 e. The number of aryl methyl sites for hydroxylation is 1. The minimum atomic E-state index is -0.591. The monoisotopic (exact) mass is 288 g/mol. The minimum Gasteiger partial charge on any atom is -0.393 e. The van der Waals surface area contributed by atoms with Gasteiger partial charge in [-0.25, -0.2) is 0 Å². The zero-order valence-corrected chi connectivity index (χ0v) is 11.5. The summed E-state index contributed by atoms with van der Waals surface area (Å²) < 4.78 is 0. The van der Waals surface area contributed by atoms with Gasteiger partial charge < -0.3 is 16.4 Å². The van der Waals surface area contributed by atoms with Crippen molar-refractivity contribution >= 4 is 29.7 Å². The number of amides is 1. The number of hydrogen-bond acceptors (Lipinski definition) is 5. The molecule has 106 valence electrons. The number of halogens is 1. The number of likely N-dealkylation sites (N-methyl/N-ethyl adjacent to an activating group) is 1. The molecule has 8 heteroatoms. The number of rotatable bonds is 5. The zero-order chi connectivity index (χ0) is 13.7. The molecule has 0 radical (unpaired) electrons. The maximum absolute atomic E-state index is 11.8.